The number of ketones is 1. The lowest BCUT2D eigenvalue weighted by molar-refractivity contribution is 0.102. The number of carbonyl (C=O) groups is 1. The minimum absolute atomic E-state index is 0.0141. The SMILES string of the molecule is C=CCn1c(C)cc(C(=O)CSc2nnc(-c3ccc(OC)cc3OC)o2)c1C. The molecule has 2 aromatic heterocycles. The number of benzene rings is 1. The highest BCUT2D eigenvalue weighted by Crippen LogP contribution is 2.33. The number of ether oxygens (including phenoxy) is 2. The zero-order valence-electron chi connectivity index (χ0n) is 16.9. The molecule has 0 saturated carbocycles. The third-order valence-corrected chi connectivity index (χ3v) is 5.38. The monoisotopic (exact) mass is 413 g/mol. The average molecular weight is 413 g/mol. The molecule has 0 aliphatic heterocycles. The van der Waals surface area contributed by atoms with Crippen LogP contribution in [0.25, 0.3) is 11.5 Å². The van der Waals surface area contributed by atoms with E-state index in [-0.39, 0.29) is 11.5 Å². The number of aryl methyl sites for hydroxylation is 1. The molecule has 0 N–H and O–H groups in total. The maximum atomic E-state index is 12.7. The van der Waals surface area contributed by atoms with Crippen LogP contribution < -0.4 is 9.47 Å². The van der Waals surface area contributed by atoms with E-state index in [0.29, 0.717) is 40.3 Å². The Kier molecular flexibility index (Phi) is 6.43. The van der Waals surface area contributed by atoms with Crippen molar-refractivity contribution in [3.63, 3.8) is 0 Å². The van der Waals surface area contributed by atoms with Crippen LogP contribution in [0.3, 0.4) is 0 Å². The van der Waals surface area contributed by atoms with Crippen LogP contribution in [0, 0.1) is 13.8 Å². The molecule has 0 radical (unpaired) electrons. The molecule has 1 aromatic carbocycles. The fourth-order valence-electron chi connectivity index (χ4n) is 3.05. The summed E-state index contributed by atoms with van der Waals surface area (Å²) in [5.74, 6) is 1.78. The van der Waals surface area contributed by atoms with Gasteiger partial charge < -0.3 is 18.5 Å². The van der Waals surface area contributed by atoms with Crippen LogP contribution in [-0.4, -0.2) is 40.5 Å². The molecule has 29 heavy (non-hydrogen) atoms. The highest BCUT2D eigenvalue weighted by Gasteiger charge is 2.18. The zero-order chi connectivity index (χ0) is 21.0. The Balaban J connectivity index is 1.72. The number of nitrogens with zero attached hydrogens (tertiary/aromatic N) is 3. The molecule has 0 aliphatic carbocycles. The van der Waals surface area contributed by atoms with Crippen LogP contribution in [0.15, 0.2) is 46.6 Å². The van der Waals surface area contributed by atoms with Gasteiger partial charge in [0.15, 0.2) is 5.78 Å². The Bertz CT molecular complexity index is 1040. The zero-order valence-corrected chi connectivity index (χ0v) is 17.7. The topological polar surface area (TPSA) is 79.4 Å². The van der Waals surface area contributed by atoms with E-state index in [0.717, 1.165) is 11.4 Å². The Labute approximate surface area is 173 Å². The second kappa shape index (κ2) is 9.00. The lowest BCUT2D eigenvalue weighted by atomic mass is 10.2. The summed E-state index contributed by atoms with van der Waals surface area (Å²) in [6, 6.07) is 7.23. The van der Waals surface area contributed by atoms with Gasteiger partial charge in [-0.05, 0) is 32.0 Å². The molecule has 8 heteroatoms. The predicted molar refractivity (Wildman–Crippen MR) is 112 cm³/mol. The van der Waals surface area contributed by atoms with Crippen molar-refractivity contribution in [2.24, 2.45) is 0 Å². The van der Waals surface area contributed by atoms with Crippen LogP contribution in [0.1, 0.15) is 21.7 Å². The molecule has 3 aromatic rings. The first-order valence-electron chi connectivity index (χ1n) is 8.98. The number of hydrogen-bond donors (Lipinski definition) is 0. The van der Waals surface area contributed by atoms with E-state index < -0.39 is 0 Å². The van der Waals surface area contributed by atoms with Crippen molar-refractivity contribution in [3.05, 3.63) is 53.9 Å². The number of rotatable bonds is 9. The highest BCUT2D eigenvalue weighted by molar-refractivity contribution is 7.99. The first kappa shape index (κ1) is 20.7. The van der Waals surface area contributed by atoms with E-state index in [1.165, 1.54) is 11.8 Å². The van der Waals surface area contributed by atoms with Crippen molar-refractivity contribution in [1.29, 1.82) is 0 Å². The third kappa shape index (κ3) is 4.37. The Hall–Kier alpha value is -3.00. The van der Waals surface area contributed by atoms with Gasteiger partial charge in [0.25, 0.3) is 11.1 Å². The van der Waals surface area contributed by atoms with Crippen molar-refractivity contribution in [2.75, 3.05) is 20.0 Å². The van der Waals surface area contributed by atoms with E-state index in [1.54, 1.807) is 32.4 Å². The molecular weight excluding hydrogens is 390 g/mol. The van der Waals surface area contributed by atoms with Crippen molar-refractivity contribution in [1.82, 2.24) is 14.8 Å². The van der Waals surface area contributed by atoms with Crippen LogP contribution in [0.2, 0.25) is 0 Å². The largest absolute Gasteiger partial charge is 0.497 e. The lowest BCUT2D eigenvalue weighted by Gasteiger charge is -2.07. The summed E-state index contributed by atoms with van der Waals surface area (Å²) in [5.41, 5.74) is 3.32. The Morgan fingerprint density at radius 2 is 2.03 bits per heavy atom. The summed E-state index contributed by atoms with van der Waals surface area (Å²) in [6.07, 6.45) is 1.82. The molecule has 0 aliphatic rings. The quantitative estimate of drug-likeness (QED) is 0.293. The van der Waals surface area contributed by atoms with E-state index in [9.17, 15) is 4.79 Å². The van der Waals surface area contributed by atoms with Crippen molar-refractivity contribution < 1.29 is 18.7 Å². The Morgan fingerprint density at radius 1 is 1.24 bits per heavy atom. The molecule has 7 nitrogen and oxygen atoms in total. The molecule has 0 amide bonds. The molecule has 2 heterocycles. The summed E-state index contributed by atoms with van der Waals surface area (Å²) in [5, 5.41) is 8.44. The standard InChI is InChI=1S/C21H23N3O4S/c1-6-9-24-13(2)10-17(14(24)3)18(25)12-29-21-23-22-20(28-21)16-8-7-15(26-4)11-19(16)27-5/h6-8,10-11H,1,9,12H2,2-5H3. The van der Waals surface area contributed by atoms with E-state index in [1.807, 2.05) is 26.0 Å². The highest BCUT2D eigenvalue weighted by atomic mass is 32.2. The number of allylic oxidation sites excluding steroid dienone is 1. The summed E-state index contributed by atoms with van der Waals surface area (Å²) in [6.45, 7) is 8.36. The predicted octanol–water partition coefficient (Wildman–Crippen LogP) is 4.33. The summed E-state index contributed by atoms with van der Waals surface area (Å²) < 4.78 is 18.4. The first-order valence-corrected chi connectivity index (χ1v) is 9.96. The van der Waals surface area contributed by atoms with E-state index >= 15 is 0 Å². The van der Waals surface area contributed by atoms with Crippen molar-refractivity contribution in [3.8, 4) is 23.0 Å². The maximum absolute atomic E-state index is 12.7. The first-order chi connectivity index (χ1) is 14.0. The van der Waals surface area contributed by atoms with Gasteiger partial charge in [0, 0.05) is 29.6 Å². The lowest BCUT2D eigenvalue weighted by Crippen LogP contribution is -2.06. The third-order valence-electron chi connectivity index (χ3n) is 4.56. The van der Waals surface area contributed by atoms with Gasteiger partial charge >= 0.3 is 0 Å². The maximum Gasteiger partial charge on any atom is 0.277 e. The van der Waals surface area contributed by atoms with E-state index in [4.69, 9.17) is 13.9 Å². The molecule has 0 spiro atoms. The molecule has 0 atom stereocenters. The number of methoxy groups -OCH3 is 2. The molecular formula is C21H23N3O4S. The number of aromatic nitrogens is 3. The van der Waals surface area contributed by atoms with Gasteiger partial charge in [0.2, 0.25) is 0 Å². The van der Waals surface area contributed by atoms with Crippen molar-refractivity contribution in [2.45, 2.75) is 25.6 Å². The number of thioether (sulfide) groups is 1. The van der Waals surface area contributed by atoms with Gasteiger partial charge in [-0.25, -0.2) is 0 Å². The normalized spacial score (nSPS) is 10.8. The smallest absolute Gasteiger partial charge is 0.277 e. The van der Waals surface area contributed by atoms with Crippen molar-refractivity contribution >= 4 is 17.5 Å². The summed E-state index contributed by atoms with van der Waals surface area (Å²) in [4.78, 5) is 12.7. The van der Waals surface area contributed by atoms with Gasteiger partial charge in [0.05, 0.1) is 25.5 Å². The van der Waals surface area contributed by atoms with E-state index in [2.05, 4.69) is 21.3 Å². The van der Waals surface area contributed by atoms with Crippen LogP contribution >= 0.6 is 11.8 Å². The number of hydrogen-bond acceptors (Lipinski definition) is 7. The Morgan fingerprint density at radius 3 is 2.72 bits per heavy atom. The van der Waals surface area contributed by atoms with Gasteiger partial charge in [0.1, 0.15) is 11.5 Å². The summed E-state index contributed by atoms with van der Waals surface area (Å²) >= 11 is 1.21. The van der Waals surface area contributed by atoms with Gasteiger partial charge in [-0.3, -0.25) is 4.79 Å². The van der Waals surface area contributed by atoms with Gasteiger partial charge in [-0.2, -0.15) is 0 Å². The molecule has 0 bridgehead atoms. The fourth-order valence-corrected chi connectivity index (χ4v) is 3.70. The summed E-state index contributed by atoms with van der Waals surface area (Å²) in [7, 11) is 3.15. The second-order valence-corrected chi connectivity index (χ2v) is 7.26. The number of Topliss-reactive ketones (excluding diaryl/α,β-unsaturated/α-hetero) is 1. The van der Waals surface area contributed by atoms with Crippen LogP contribution in [-0.2, 0) is 6.54 Å². The van der Waals surface area contributed by atoms with Crippen LogP contribution in [0.5, 0.6) is 11.5 Å². The fraction of sp³-hybridized carbons (Fsp3) is 0.286. The number of carbonyl (C=O) groups excluding carboxylic acids is 1. The minimum Gasteiger partial charge on any atom is -0.497 e. The molecule has 0 saturated heterocycles. The van der Waals surface area contributed by atoms with Crippen LogP contribution in [0.4, 0.5) is 0 Å². The second-order valence-electron chi connectivity index (χ2n) is 6.34. The molecule has 0 unspecified atom stereocenters. The molecule has 3 rings (SSSR count). The average Bonchev–Trinajstić information content (AvgIpc) is 3.31. The molecule has 0 fully saturated rings. The minimum atomic E-state index is 0.0141. The van der Waals surface area contributed by atoms with Gasteiger partial charge in [-0.1, -0.05) is 17.8 Å². The van der Waals surface area contributed by atoms with Gasteiger partial charge in [-0.15, -0.1) is 16.8 Å². The molecule has 152 valence electrons.